The summed E-state index contributed by atoms with van der Waals surface area (Å²) < 4.78 is 6.15. The summed E-state index contributed by atoms with van der Waals surface area (Å²) in [6, 6.07) is 10.9. The topological polar surface area (TPSA) is 75.2 Å². The lowest BCUT2D eigenvalue weighted by atomic mass is 10.0. The first-order valence-corrected chi connectivity index (χ1v) is 7.01. The standard InChI is InChI=1S/C17H18N2O3/c1-12-4-6-13(7-5-12)14-10-16(20)19(8-3-9-22-2)17(21)15(14)11-18/h4-7,10,21H,3,8-9H2,1-2H3. The smallest absolute Gasteiger partial charge is 0.253 e. The van der Waals surface area contributed by atoms with E-state index in [1.165, 1.54) is 10.6 Å². The van der Waals surface area contributed by atoms with Crippen LogP contribution in [0.2, 0.25) is 0 Å². The molecule has 0 bridgehead atoms. The van der Waals surface area contributed by atoms with E-state index in [0.29, 0.717) is 25.1 Å². The van der Waals surface area contributed by atoms with Crippen molar-refractivity contribution in [2.24, 2.45) is 0 Å². The second-order valence-electron chi connectivity index (χ2n) is 5.07. The van der Waals surface area contributed by atoms with E-state index in [1.54, 1.807) is 7.11 Å². The van der Waals surface area contributed by atoms with Crippen LogP contribution in [0.25, 0.3) is 11.1 Å². The van der Waals surface area contributed by atoms with Gasteiger partial charge in [-0.1, -0.05) is 29.8 Å². The Bertz CT molecular complexity index is 755. The van der Waals surface area contributed by atoms with Gasteiger partial charge in [0, 0.05) is 31.9 Å². The van der Waals surface area contributed by atoms with E-state index in [-0.39, 0.29) is 17.0 Å². The molecule has 2 rings (SSSR count). The lowest BCUT2D eigenvalue weighted by molar-refractivity contribution is 0.188. The Kier molecular flexibility index (Phi) is 4.97. The van der Waals surface area contributed by atoms with Crippen LogP contribution in [-0.2, 0) is 11.3 Å². The zero-order valence-electron chi connectivity index (χ0n) is 12.7. The van der Waals surface area contributed by atoms with Gasteiger partial charge in [0.1, 0.15) is 11.6 Å². The van der Waals surface area contributed by atoms with E-state index in [2.05, 4.69) is 0 Å². The summed E-state index contributed by atoms with van der Waals surface area (Å²) in [6.45, 7) is 2.75. The Labute approximate surface area is 129 Å². The highest BCUT2D eigenvalue weighted by atomic mass is 16.5. The fraction of sp³-hybridized carbons (Fsp3) is 0.294. The molecule has 0 fully saturated rings. The second kappa shape index (κ2) is 6.92. The summed E-state index contributed by atoms with van der Waals surface area (Å²) >= 11 is 0. The number of ether oxygens (including phenoxy) is 1. The molecule has 5 heteroatoms. The SMILES string of the molecule is COCCCn1c(O)c(C#N)c(-c2ccc(C)cc2)cc1=O. The summed E-state index contributed by atoms with van der Waals surface area (Å²) in [5.41, 5.74) is 2.05. The van der Waals surface area contributed by atoms with Gasteiger partial charge in [0.25, 0.3) is 5.56 Å². The Morgan fingerprint density at radius 2 is 2.00 bits per heavy atom. The molecule has 1 aromatic heterocycles. The lowest BCUT2D eigenvalue weighted by Gasteiger charge is -2.12. The van der Waals surface area contributed by atoms with Crippen molar-refractivity contribution in [1.29, 1.82) is 5.26 Å². The fourth-order valence-corrected chi connectivity index (χ4v) is 2.29. The van der Waals surface area contributed by atoms with Gasteiger partial charge in [0.2, 0.25) is 5.88 Å². The van der Waals surface area contributed by atoms with Crippen molar-refractivity contribution in [2.45, 2.75) is 19.9 Å². The van der Waals surface area contributed by atoms with Crippen molar-refractivity contribution in [3.05, 3.63) is 51.8 Å². The van der Waals surface area contributed by atoms with Crippen LogP contribution in [0.1, 0.15) is 17.5 Å². The number of hydrogen-bond acceptors (Lipinski definition) is 4. The first-order valence-electron chi connectivity index (χ1n) is 7.01. The Hall–Kier alpha value is -2.58. The summed E-state index contributed by atoms with van der Waals surface area (Å²) in [7, 11) is 1.57. The van der Waals surface area contributed by atoms with Crippen molar-refractivity contribution in [2.75, 3.05) is 13.7 Å². The van der Waals surface area contributed by atoms with Crippen LogP contribution in [0.5, 0.6) is 5.88 Å². The number of rotatable bonds is 5. The first kappa shape index (κ1) is 15.8. The van der Waals surface area contributed by atoms with Gasteiger partial charge in [0.05, 0.1) is 0 Å². The average Bonchev–Trinajstić information content (AvgIpc) is 2.51. The highest BCUT2D eigenvalue weighted by Crippen LogP contribution is 2.28. The molecule has 5 nitrogen and oxygen atoms in total. The number of aromatic hydroxyl groups is 1. The number of nitrogens with zero attached hydrogens (tertiary/aromatic N) is 2. The molecule has 1 aromatic carbocycles. The van der Waals surface area contributed by atoms with Crippen molar-refractivity contribution >= 4 is 0 Å². The second-order valence-corrected chi connectivity index (χ2v) is 5.07. The predicted octanol–water partition coefficient (Wildman–Crippen LogP) is 2.44. The van der Waals surface area contributed by atoms with E-state index in [9.17, 15) is 15.2 Å². The van der Waals surface area contributed by atoms with Crippen molar-refractivity contribution in [3.8, 4) is 23.1 Å². The molecule has 0 aliphatic heterocycles. The summed E-state index contributed by atoms with van der Waals surface area (Å²) in [5.74, 6) is -0.290. The van der Waals surface area contributed by atoms with Gasteiger partial charge in [-0.25, -0.2) is 0 Å². The molecule has 0 aliphatic carbocycles. The minimum absolute atomic E-state index is 0.112. The zero-order valence-corrected chi connectivity index (χ0v) is 12.7. The maximum absolute atomic E-state index is 12.2. The molecule has 0 saturated carbocycles. The van der Waals surface area contributed by atoms with Gasteiger partial charge in [-0.2, -0.15) is 5.26 Å². The van der Waals surface area contributed by atoms with Crippen molar-refractivity contribution < 1.29 is 9.84 Å². The number of aromatic nitrogens is 1. The zero-order chi connectivity index (χ0) is 16.1. The number of methoxy groups -OCH3 is 1. The molecule has 0 saturated heterocycles. The lowest BCUT2D eigenvalue weighted by Crippen LogP contribution is -2.21. The number of benzene rings is 1. The maximum atomic E-state index is 12.2. The normalized spacial score (nSPS) is 10.4. The Balaban J connectivity index is 2.51. The maximum Gasteiger partial charge on any atom is 0.253 e. The summed E-state index contributed by atoms with van der Waals surface area (Å²) in [5, 5.41) is 19.6. The van der Waals surface area contributed by atoms with Gasteiger partial charge in [0.15, 0.2) is 0 Å². The van der Waals surface area contributed by atoms with E-state index in [4.69, 9.17) is 4.74 Å². The van der Waals surface area contributed by atoms with E-state index in [1.807, 2.05) is 37.3 Å². The highest BCUT2D eigenvalue weighted by molar-refractivity contribution is 5.72. The van der Waals surface area contributed by atoms with Crippen molar-refractivity contribution in [3.63, 3.8) is 0 Å². The fourth-order valence-electron chi connectivity index (χ4n) is 2.29. The summed E-state index contributed by atoms with van der Waals surface area (Å²) in [4.78, 5) is 12.2. The molecule has 0 unspecified atom stereocenters. The van der Waals surface area contributed by atoms with Crippen LogP contribution in [0.4, 0.5) is 0 Å². The van der Waals surface area contributed by atoms with Gasteiger partial charge < -0.3 is 9.84 Å². The molecule has 0 spiro atoms. The largest absolute Gasteiger partial charge is 0.493 e. The third-order valence-corrected chi connectivity index (χ3v) is 3.49. The highest BCUT2D eigenvalue weighted by Gasteiger charge is 2.16. The van der Waals surface area contributed by atoms with Gasteiger partial charge in [-0.05, 0) is 18.9 Å². The number of hydrogen-bond donors (Lipinski definition) is 1. The third-order valence-electron chi connectivity index (χ3n) is 3.49. The number of aryl methyl sites for hydroxylation is 1. The molecule has 0 atom stereocenters. The monoisotopic (exact) mass is 298 g/mol. The predicted molar refractivity (Wildman–Crippen MR) is 83.7 cm³/mol. The van der Waals surface area contributed by atoms with Crippen LogP contribution in [0, 0.1) is 18.3 Å². The van der Waals surface area contributed by atoms with Crippen LogP contribution < -0.4 is 5.56 Å². The third kappa shape index (κ3) is 3.18. The first-order chi connectivity index (χ1) is 10.6. The molecule has 0 aliphatic rings. The van der Waals surface area contributed by atoms with E-state index < -0.39 is 0 Å². The van der Waals surface area contributed by atoms with Crippen LogP contribution >= 0.6 is 0 Å². The van der Waals surface area contributed by atoms with Gasteiger partial charge >= 0.3 is 0 Å². The minimum atomic E-state index is -0.330. The van der Waals surface area contributed by atoms with Crippen molar-refractivity contribution in [1.82, 2.24) is 4.57 Å². The molecule has 0 radical (unpaired) electrons. The minimum Gasteiger partial charge on any atom is -0.493 e. The molecule has 0 amide bonds. The molecular formula is C17H18N2O3. The molecular weight excluding hydrogens is 280 g/mol. The van der Waals surface area contributed by atoms with Crippen LogP contribution in [0.3, 0.4) is 0 Å². The van der Waals surface area contributed by atoms with Crippen LogP contribution in [0.15, 0.2) is 35.1 Å². The molecule has 114 valence electrons. The Morgan fingerprint density at radius 3 is 2.59 bits per heavy atom. The number of nitriles is 1. The van der Waals surface area contributed by atoms with Gasteiger partial charge in [-0.15, -0.1) is 0 Å². The Morgan fingerprint density at radius 1 is 1.32 bits per heavy atom. The average molecular weight is 298 g/mol. The molecule has 1 N–H and O–H groups in total. The molecule has 22 heavy (non-hydrogen) atoms. The number of pyridine rings is 1. The molecule has 2 aromatic rings. The van der Waals surface area contributed by atoms with Crippen LogP contribution in [-0.4, -0.2) is 23.4 Å². The van der Waals surface area contributed by atoms with E-state index in [0.717, 1.165) is 11.1 Å². The molecule has 1 heterocycles. The van der Waals surface area contributed by atoms with E-state index >= 15 is 0 Å². The quantitative estimate of drug-likeness (QED) is 0.860. The van der Waals surface area contributed by atoms with Gasteiger partial charge in [-0.3, -0.25) is 9.36 Å². The summed E-state index contributed by atoms with van der Waals surface area (Å²) in [6.07, 6.45) is 0.582.